The van der Waals surface area contributed by atoms with E-state index in [-0.39, 0.29) is 5.69 Å². The highest BCUT2D eigenvalue weighted by molar-refractivity contribution is 9.10. The minimum Gasteiger partial charge on any atom is -0.380 e. The Morgan fingerprint density at radius 3 is 2.70 bits per heavy atom. The Kier molecular flexibility index (Phi) is 4.62. The highest BCUT2D eigenvalue weighted by atomic mass is 79.9. The Labute approximate surface area is 130 Å². The van der Waals surface area contributed by atoms with Crippen molar-refractivity contribution in [1.29, 1.82) is 0 Å². The van der Waals surface area contributed by atoms with Gasteiger partial charge in [0.05, 0.1) is 10.5 Å². The molecule has 0 aliphatic rings. The first kappa shape index (κ1) is 14.8. The third-order valence-electron chi connectivity index (χ3n) is 2.83. The Bertz CT molecular complexity index is 662. The van der Waals surface area contributed by atoms with Gasteiger partial charge in [-0.1, -0.05) is 17.7 Å². The topological polar surface area (TPSA) is 55.2 Å². The van der Waals surface area contributed by atoms with E-state index < -0.39 is 4.92 Å². The second-order valence-electron chi connectivity index (χ2n) is 4.37. The monoisotopic (exact) mass is 354 g/mol. The van der Waals surface area contributed by atoms with Gasteiger partial charge in [-0.25, -0.2) is 0 Å². The van der Waals surface area contributed by atoms with Crippen LogP contribution in [0.25, 0.3) is 0 Å². The van der Waals surface area contributed by atoms with Gasteiger partial charge in [-0.3, -0.25) is 10.1 Å². The zero-order chi connectivity index (χ0) is 14.7. The van der Waals surface area contributed by atoms with E-state index in [2.05, 4.69) is 21.2 Å². The molecule has 0 bridgehead atoms. The van der Waals surface area contributed by atoms with Gasteiger partial charge >= 0.3 is 0 Å². The summed E-state index contributed by atoms with van der Waals surface area (Å²) in [5, 5.41) is 14.6. The van der Waals surface area contributed by atoms with E-state index in [1.54, 1.807) is 6.07 Å². The Morgan fingerprint density at radius 1 is 1.30 bits per heavy atom. The Balaban J connectivity index is 2.22. The summed E-state index contributed by atoms with van der Waals surface area (Å²) in [6, 6.07) is 10.4. The zero-order valence-corrected chi connectivity index (χ0v) is 13.0. The minimum atomic E-state index is -0.405. The number of hydrogen-bond acceptors (Lipinski definition) is 3. The van der Waals surface area contributed by atoms with E-state index in [4.69, 9.17) is 11.6 Å². The lowest BCUT2D eigenvalue weighted by molar-refractivity contribution is -0.385. The summed E-state index contributed by atoms with van der Waals surface area (Å²) < 4.78 is 0.919. The summed E-state index contributed by atoms with van der Waals surface area (Å²) in [4.78, 5) is 10.6. The van der Waals surface area contributed by atoms with Crippen LogP contribution in [0.1, 0.15) is 11.1 Å². The third kappa shape index (κ3) is 3.49. The van der Waals surface area contributed by atoms with Crippen molar-refractivity contribution >= 4 is 38.9 Å². The molecule has 6 heteroatoms. The fourth-order valence-corrected chi connectivity index (χ4v) is 2.66. The van der Waals surface area contributed by atoms with Crippen molar-refractivity contribution in [3.05, 3.63) is 67.1 Å². The van der Waals surface area contributed by atoms with Crippen LogP contribution in [0.2, 0.25) is 5.02 Å². The normalized spacial score (nSPS) is 10.3. The standard InChI is InChI=1S/C14H12BrClN2O2/c1-9-2-4-13(12(15)6-9)17-8-10-7-11(16)3-5-14(10)18(19)20/h2-7,17H,8H2,1H3. The number of aryl methyl sites for hydroxylation is 1. The number of nitrogens with one attached hydrogen (secondary N) is 1. The predicted molar refractivity (Wildman–Crippen MR) is 84.3 cm³/mol. The van der Waals surface area contributed by atoms with E-state index in [1.165, 1.54) is 12.1 Å². The maximum Gasteiger partial charge on any atom is 0.274 e. The Morgan fingerprint density at radius 2 is 2.05 bits per heavy atom. The van der Waals surface area contributed by atoms with Crippen LogP contribution in [0, 0.1) is 17.0 Å². The molecule has 0 spiro atoms. The van der Waals surface area contributed by atoms with Gasteiger partial charge in [0.15, 0.2) is 0 Å². The average molecular weight is 356 g/mol. The highest BCUT2D eigenvalue weighted by Gasteiger charge is 2.13. The summed E-state index contributed by atoms with van der Waals surface area (Å²) in [5.74, 6) is 0. The van der Waals surface area contributed by atoms with E-state index in [9.17, 15) is 10.1 Å². The zero-order valence-electron chi connectivity index (χ0n) is 10.7. The van der Waals surface area contributed by atoms with Crippen LogP contribution in [-0.2, 0) is 6.54 Å². The van der Waals surface area contributed by atoms with Crippen LogP contribution >= 0.6 is 27.5 Å². The molecule has 0 aliphatic heterocycles. The molecule has 0 heterocycles. The molecule has 0 radical (unpaired) electrons. The number of halogens is 2. The lowest BCUT2D eigenvalue weighted by Gasteiger charge is -2.10. The van der Waals surface area contributed by atoms with Gasteiger partial charge < -0.3 is 5.32 Å². The van der Waals surface area contributed by atoms with E-state index in [0.29, 0.717) is 17.1 Å². The first-order valence-electron chi connectivity index (χ1n) is 5.90. The maximum absolute atomic E-state index is 11.0. The number of anilines is 1. The molecule has 0 atom stereocenters. The van der Waals surface area contributed by atoms with Crippen LogP contribution in [0.5, 0.6) is 0 Å². The van der Waals surface area contributed by atoms with Gasteiger partial charge in [0.25, 0.3) is 5.69 Å². The third-order valence-corrected chi connectivity index (χ3v) is 3.72. The van der Waals surface area contributed by atoms with Crippen LogP contribution in [0.15, 0.2) is 40.9 Å². The number of nitro groups is 1. The van der Waals surface area contributed by atoms with Crippen molar-refractivity contribution in [2.45, 2.75) is 13.5 Å². The molecule has 0 saturated heterocycles. The molecule has 0 aliphatic carbocycles. The summed E-state index contributed by atoms with van der Waals surface area (Å²) >= 11 is 9.36. The SMILES string of the molecule is Cc1ccc(NCc2cc(Cl)ccc2[N+](=O)[O-])c(Br)c1. The molecule has 0 fully saturated rings. The summed E-state index contributed by atoms with van der Waals surface area (Å²) in [6.07, 6.45) is 0. The molecule has 104 valence electrons. The smallest absolute Gasteiger partial charge is 0.274 e. The van der Waals surface area contributed by atoms with Gasteiger partial charge in [-0.15, -0.1) is 0 Å². The summed E-state index contributed by atoms with van der Waals surface area (Å²) in [7, 11) is 0. The first-order valence-corrected chi connectivity index (χ1v) is 7.07. The second-order valence-corrected chi connectivity index (χ2v) is 5.66. The first-order chi connectivity index (χ1) is 9.47. The highest BCUT2D eigenvalue weighted by Crippen LogP contribution is 2.27. The van der Waals surface area contributed by atoms with Crippen LogP contribution < -0.4 is 5.32 Å². The largest absolute Gasteiger partial charge is 0.380 e. The average Bonchev–Trinajstić information content (AvgIpc) is 2.37. The van der Waals surface area contributed by atoms with Gasteiger partial charge in [-0.05, 0) is 52.7 Å². The molecule has 0 aromatic heterocycles. The van der Waals surface area contributed by atoms with E-state index >= 15 is 0 Å². The van der Waals surface area contributed by atoms with Gasteiger partial charge in [0.2, 0.25) is 0 Å². The van der Waals surface area contributed by atoms with Crippen LogP contribution in [0.4, 0.5) is 11.4 Å². The van der Waals surface area contributed by atoms with Gasteiger partial charge in [0, 0.05) is 27.8 Å². The van der Waals surface area contributed by atoms with E-state index in [1.807, 2.05) is 25.1 Å². The molecule has 20 heavy (non-hydrogen) atoms. The van der Waals surface area contributed by atoms with Crippen molar-refractivity contribution in [2.75, 3.05) is 5.32 Å². The molecule has 0 amide bonds. The molecule has 2 rings (SSSR count). The molecule has 1 N–H and O–H groups in total. The van der Waals surface area contributed by atoms with Crippen molar-refractivity contribution in [3.63, 3.8) is 0 Å². The number of benzene rings is 2. The number of hydrogen-bond donors (Lipinski definition) is 1. The number of rotatable bonds is 4. The second kappa shape index (κ2) is 6.24. The lowest BCUT2D eigenvalue weighted by atomic mass is 10.1. The van der Waals surface area contributed by atoms with Crippen molar-refractivity contribution in [1.82, 2.24) is 0 Å². The molecule has 2 aromatic carbocycles. The molecule has 4 nitrogen and oxygen atoms in total. The predicted octanol–water partition coefficient (Wildman–Crippen LogP) is 4.93. The number of nitrogens with zero attached hydrogens (tertiary/aromatic N) is 1. The van der Waals surface area contributed by atoms with Gasteiger partial charge in [-0.2, -0.15) is 0 Å². The molecule has 0 unspecified atom stereocenters. The minimum absolute atomic E-state index is 0.0603. The van der Waals surface area contributed by atoms with Gasteiger partial charge in [0.1, 0.15) is 0 Å². The number of nitro benzene ring substituents is 1. The maximum atomic E-state index is 11.0. The Hall–Kier alpha value is -1.59. The quantitative estimate of drug-likeness (QED) is 0.625. The van der Waals surface area contributed by atoms with Crippen molar-refractivity contribution < 1.29 is 4.92 Å². The van der Waals surface area contributed by atoms with Crippen LogP contribution in [-0.4, -0.2) is 4.92 Å². The molecular weight excluding hydrogens is 344 g/mol. The lowest BCUT2D eigenvalue weighted by Crippen LogP contribution is -2.03. The fraction of sp³-hybridized carbons (Fsp3) is 0.143. The van der Waals surface area contributed by atoms with Crippen molar-refractivity contribution in [3.8, 4) is 0 Å². The fourth-order valence-electron chi connectivity index (χ4n) is 1.83. The molecule has 2 aromatic rings. The van der Waals surface area contributed by atoms with E-state index in [0.717, 1.165) is 15.7 Å². The summed E-state index contributed by atoms with van der Waals surface area (Å²) in [6.45, 7) is 2.33. The molecular formula is C14H12BrClN2O2. The molecule has 0 saturated carbocycles. The van der Waals surface area contributed by atoms with Crippen molar-refractivity contribution in [2.24, 2.45) is 0 Å². The summed E-state index contributed by atoms with van der Waals surface area (Å²) in [5.41, 5.74) is 2.63. The van der Waals surface area contributed by atoms with Crippen LogP contribution in [0.3, 0.4) is 0 Å².